The van der Waals surface area contributed by atoms with Gasteiger partial charge >= 0.3 is 0 Å². The molecule has 104 valence electrons. The molecule has 5 heteroatoms. The van der Waals surface area contributed by atoms with Crippen LogP contribution in [0.25, 0.3) is 11.8 Å². The molecule has 1 saturated carbocycles. The zero-order valence-electron chi connectivity index (χ0n) is 11.2. The molecule has 0 spiro atoms. The van der Waals surface area contributed by atoms with Crippen molar-refractivity contribution < 1.29 is 5.11 Å². The summed E-state index contributed by atoms with van der Waals surface area (Å²) in [6.45, 7) is 2.09. The van der Waals surface area contributed by atoms with Crippen LogP contribution in [0.15, 0.2) is 36.9 Å². The van der Waals surface area contributed by atoms with Gasteiger partial charge < -0.3 is 5.11 Å². The Morgan fingerprint density at radius 2 is 2.10 bits per heavy atom. The maximum absolute atomic E-state index is 10.6. The molecule has 0 aliphatic heterocycles. The molecule has 0 bridgehead atoms. The number of aliphatic hydroxyl groups is 1. The Balaban J connectivity index is 1.99. The van der Waals surface area contributed by atoms with Gasteiger partial charge in [0, 0.05) is 5.02 Å². The highest BCUT2D eigenvalue weighted by Crippen LogP contribution is 2.50. The number of halogens is 1. The summed E-state index contributed by atoms with van der Waals surface area (Å²) in [6, 6.07) is 7.50. The smallest absolute Gasteiger partial charge is 0.138 e. The molecule has 1 unspecified atom stereocenters. The zero-order valence-corrected chi connectivity index (χ0v) is 12.0. The van der Waals surface area contributed by atoms with E-state index in [1.54, 1.807) is 11.0 Å². The van der Waals surface area contributed by atoms with Crippen molar-refractivity contribution in [1.29, 1.82) is 0 Å². The van der Waals surface area contributed by atoms with Crippen molar-refractivity contribution in [2.24, 2.45) is 5.41 Å². The monoisotopic (exact) mass is 289 g/mol. The van der Waals surface area contributed by atoms with Gasteiger partial charge in [-0.3, -0.25) is 0 Å². The van der Waals surface area contributed by atoms with Crippen LogP contribution in [0, 0.1) is 5.41 Å². The topological polar surface area (TPSA) is 50.9 Å². The van der Waals surface area contributed by atoms with E-state index in [9.17, 15) is 5.11 Å². The third-order valence-corrected chi connectivity index (χ3v) is 4.10. The predicted octanol–water partition coefficient (Wildman–Crippen LogP) is 3.09. The van der Waals surface area contributed by atoms with E-state index in [1.165, 1.54) is 6.33 Å². The molecule has 1 N–H and O–H groups in total. The van der Waals surface area contributed by atoms with Crippen LogP contribution in [-0.2, 0) is 0 Å². The number of aliphatic hydroxyl groups excluding tert-OH is 1. The van der Waals surface area contributed by atoms with Gasteiger partial charge in [0.2, 0.25) is 0 Å². The molecular weight excluding hydrogens is 274 g/mol. The molecule has 1 aromatic heterocycles. The first kappa shape index (κ1) is 13.3. The van der Waals surface area contributed by atoms with Gasteiger partial charge in [-0.1, -0.05) is 30.7 Å². The van der Waals surface area contributed by atoms with Crippen LogP contribution in [-0.4, -0.2) is 26.0 Å². The van der Waals surface area contributed by atoms with E-state index >= 15 is 0 Å². The van der Waals surface area contributed by atoms with Crippen molar-refractivity contribution in [2.45, 2.75) is 25.9 Å². The maximum Gasteiger partial charge on any atom is 0.138 e. The van der Waals surface area contributed by atoms with E-state index < -0.39 is 6.10 Å². The van der Waals surface area contributed by atoms with Gasteiger partial charge in [0.25, 0.3) is 0 Å². The highest BCUT2D eigenvalue weighted by atomic mass is 35.5. The summed E-state index contributed by atoms with van der Waals surface area (Å²) in [7, 11) is 0. The Labute approximate surface area is 122 Å². The van der Waals surface area contributed by atoms with Crippen LogP contribution < -0.4 is 0 Å². The molecule has 3 rings (SSSR count). The fourth-order valence-corrected chi connectivity index (χ4v) is 2.30. The fraction of sp³-hybridized carbons (Fsp3) is 0.333. The standard InChI is InChI=1S/C15H16ClN3O/c1-15(6-7-15)14(20)13(19-10-17-9-18-19)8-11-2-4-12(16)5-3-11/h2-5,8-10,14,20H,6-7H2,1H3/b13-8-. The molecule has 4 nitrogen and oxygen atoms in total. The van der Waals surface area contributed by atoms with Crippen molar-refractivity contribution in [1.82, 2.24) is 14.8 Å². The summed E-state index contributed by atoms with van der Waals surface area (Å²) >= 11 is 5.90. The number of nitrogens with zero attached hydrogens (tertiary/aromatic N) is 3. The number of hydrogen-bond acceptors (Lipinski definition) is 3. The minimum Gasteiger partial charge on any atom is -0.386 e. The van der Waals surface area contributed by atoms with Crippen molar-refractivity contribution in [3.63, 3.8) is 0 Å². The third-order valence-electron chi connectivity index (χ3n) is 3.85. The van der Waals surface area contributed by atoms with E-state index in [0.29, 0.717) is 5.02 Å². The maximum atomic E-state index is 10.6. The summed E-state index contributed by atoms with van der Waals surface area (Å²) in [4.78, 5) is 3.96. The van der Waals surface area contributed by atoms with Gasteiger partial charge in [0.1, 0.15) is 18.8 Å². The second kappa shape index (κ2) is 5.04. The molecule has 1 fully saturated rings. The molecule has 1 atom stereocenters. The molecule has 0 saturated heterocycles. The lowest BCUT2D eigenvalue weighted by Gasteiger charge is -2.21. The second-order valence-electron chi connectivity index (χ2n) is 5.52. The Hall–Kier alpha value is -1.65. The minimum atomic E-state index is -0.556. The number of rotatable bonds is 4. The van der Waals surface area contributed by atoms with Crippen molar-refractivity contribution >= 4 is 23.4 Å². The Morgan fingerprint density at radius 3 is 2.65 bits per heavy atom. The van der Waals surface area contributed by atoms with Crippen LogP contribution in [0.1, 0.15) is 25.3 Å². The quantitative estimate of drug-likeness (QED) is 0.941. The molecule has 20 heavy (non-hydrogen) atoms. The van der Waals surface area contributed by atoms with Crippen LogP contribution >= 0.6 is 11.6 Å². The average Bonchev–Trinajstić information content (AvgIpc) is 2.99. The van der Waals surface area contributed by atoms with E-state index in [0.717, 1.165) is 24.1 Å². The van der Waals surface area contributed by atoms with Gasteiger partial charge in [0.15, 0.2) is 0 Å². The summed E-state index contributed by atoms with van der Waals surface area (Å²) < 4.78 is 1.63. The molecule has 1 aliphatic rings. The molecule has 1 aromatic carbocycles. The Bertz CT molecular complexity index is 615. The molecule has 1 heterocycles. The van der Waals surface area contributed by atoms with Crippen molar-refractivity contribution in [3.8, 4) is 0 Å². The molecule has 1 aliphatic carbocycles. The molecule has 2 aromatic rings. The molecule has 0 radical (unpaired) electrons. The van der Waals surface area contributed by atoms with Crippen LogP contribution in [0.5, 0.6) is 0 Å². The lowest BCUT2D eigenvalue weighted by Crippen LogP contribution is -2.24. The minimum absolute atomic E-state index is 0.0514. The summed E-state index contributed by atoms with van der Waals surface area (Å²) in [5, 5.41) is 15.5. The lowest BCUT2D eigenvalue weighted by atomic mass is 9.97. The summed E-state index contributed by atoms with van der Waals surface area (Å²) in [5.74, 6) is 0. The Morgan fingerprint density at radius 1 is 1.40 bits per heavy atom. The van der Waals surface area contributed by atoms with Crippen LogP contribution in [0.2, 0.25) is 5.02 Å². The van der Waals surface area contributed by atoms with Crippen LogP contribution in [0.3, 0.4) is 0 Å². The van der Waals surface area contributed by atoms with E-state index in [1.807, 2.05) is 30.3 Å². The predicted molar refractivity (Wildman–Crippen MR) is 79.0 cm³/mol. The molecule has 0 amide bonds. The largest absolute Gasteiger partial charge is 0.386 e. The summed E-state index contributed by atoms with van der Waals surface area (Å²) in [6.07, 6.45) is 6.51. The van der Waals surface area contributed by atoms with Gasteiger partial charge in [-0.2, -0.15) is 5.10 Å². The molecular formula is C15H16ClN3O. The SMILES string of the molecule is CC1(C(O)/C(=C/c2ccc(Cl)cc2)n2cncn2)CC1. The van der Waals surface area contributed by atoms with Gasteiger partial charge in [-0.05, 0) is 42.0 Å². The summed E-state index contributed by atoms with van der Waals surface area (Å²) in [5.41, 5.74) is 1.66. The zero-order chi connectivity index (χ0) is 14.2. The van der Waals surface area contributed by atoms with Gasteiger partial charge in [-0.15, -0.1) is 0 Å². The number of benzene rings is 1. The third kappa shape index (κ3) is 2.62. The number of aromatic nitrogens is 3. The number of hydrogen-bond donors (Lipinski definition) is 1. The van der Waals surface area contributed by atoms with Crippen molar-refractivity contribution in [2.75, 3.05) is 0 Å². The Kier molecular flexibility index (Phi) is 3.36. The first-order valence-corrected chi connectivity index (χ1v) is 6.96. The van der Waals surface area contributed by atoms with E-state index in [4.69, 9.17) is 11.6 Å². The van der Waals surface area contributed by atoms with Gasteiger partial charge in [-0.25, -0.2) is 9.67 Å². The van der Waals surface area contributed by atoms with E-state index in [-0.39, 0.29) is 5.41 Å². The second-order valence-corrected chi connectivity index (χ2v) is 5.95. The van der Waals surface area contributed by atoms with Gasteiger partial charge in [0.05, 0.1) is 5.70 Å². The fourth-order valence-electron chi connectivity index (χ4n) is 2.17. The van der Waals surface area contributed by atoms with E-state index in [2.05, 4.69) is 17.0 Å². The highest BCUT2D eigenvalue weighted by molar-refractivity contribution is 6.30. The van der Waals surface area contributed by atoms with Crippen molar-refractivity contribution in [3.05, 3.63) is 47.5 Å². The average molecular weight is 290 g/mol. The first-order valence-electron chi connectivity index (χ1n) is 6.59. The normalized spacial score (nSPS) is 18.9. The first-order chi connectivity index (χ1) is 9.58. The lowest BCUT2D eigenvalue weighted by molar-refractivity contribution is 0.152. The highest BCUT2D eigenvalue weighted by Gasteiger charge is 2.46. The van der Waals surface area contributed by atoms with Crippen LogP contribution in [0.4, 0.5) is 0 Å².